The Kier molecular flexibility index (Phi) is 5.88. The molecule has 0 atom stereocenters. The lowest BCUT2D eigenvalue weighted by Crippen LogP contribution is -2.11. The Balaban J connectivity index is 1.56. The smallest absolute Gasteiger partial charge is 0.340 e. The van der Waals surface area contributed by atoms with E-state index < -0.39 is 11.9 Å². The van der Waals surface area contributed by atoms with Crippen LogP contribution in [0.5, 0.6) is 5.75 Å². The van der Waals surface area contributed by atoms with Crippen molar-refractivity contribution in [3.63, 3.8) is 0 Å². The number of anilines is 3. The van der Waals surface area contributed by atoms with Gasteiger partial charge >= 0.3 is 5.97 Å². The summed E-state index contributed by atoms with van der Waals surface area (Å²) in [5.41, 5.74) is 25.9. The van der Waals surface area contributed by atoms with Gasteiger partial charge < -0.3 is 41.9 Å². The van der Waals surface area contributed by atoms with Crippen molar-refractivity contribution >= 4 is 51.5 Å². The summed E-state index contributed by atoms with van der Waals surface area (Å²) in [7, 11) is 0. The van der Waals surface area contributed by atoms with Crippen LogP contribution in [0.15, 0.2) is 24.3 Å². The quantitative estimate of drug-likeness (QED) is 0.180. The first-order valence-corrected chi connectivity index (χ1v) is 10.7. The first kappa shape index (κ1) is 22.7. The third-order valence-electron chi connectivity index (χ3n) is 5.63. The zero-order valence-corrected chi connectivity index (χ0v) is 18.6. The van der Waals surface area contributed by atoms with Gasteiger partial charge in [0.2, 0.25) is 17.8 Å². The fraction of sp³-hybridized carbons (Fsp3) is 0.273. The summed E-state index contributed by atoms with van der Waals surface area (Å²) in [6.45, 7) is 3.30. The van der Waals surface area contributed by atoms with E-state index in [1.807, 2.05) is 11.5 Å². The maximum absolute atomic E-state index is 11.7. The second-order valence-corrected chi connectivity index (χ2v) is 7.79. The molecule has 2 heterocycles. The number of benzene rings is 2. The molecule has 12 heteroatoms. The molecular weight excluding hydrogens is 440 g/mol. The molecule has 1 amide bonds. The molecule has 2 aromatic heterocycles. The van der Waals surface area contributed by atoms with Crippen molar-refractivity contribution in [2.45, 2.75) is 32.9 Å². The highest BCUT2D eigenvalue weighted by molar-refractivity contribution is 6.06. The predicted octanol–water partition coefficient (Wildman–Crippen LogP) is 1.81. The number of carbonyl (C=O) groups is 2. The largest absolute Gasteiger partial charge is 0.492 e. The minimum absolute atomic E-state index is 0.0561. The Bertz CT molecular complexity index is 1420. The molecule has 2 aromatic carbocycles. The molecule has 0 aliphatic rings. The molecule has 0 spiro atoms. The second-order valence-electron chi connectivity index (χ2n) is 7.79. The number of aromatic nitrogens is 4. The normalized spacial score (nSPS) is 11.3. The van der Waals surface area contributed by atoms with E-state index >= 15 is 0 Å². The van der Waals surface area contributed by atoms with Gasteiger partial charge in [0.15, 0.2) is 0 Å². The topological polar surface area (TPSA) is 203 Å². The average molecular weight is 467 g/mol. The molecule has 0 unspecified atom stereocenters. The SMILES string of the molecule is CCOc1cc(C(N)=O)cc2nc(N)n(CCCCn3c(N)nc4c(C(=O)O)c(N)ccc43)c12. The maximum Gasteiger partial charge on any atom is 0.340 e. The number of fused-ring (bicyclic) bond motifs is 2. The van der Waals surface area contributed by atoms with E-state index in [1.165, 1.54) is 6.07 Å². The predicted molar refractivity (Wildman–Crippen MR) is 129 cm³/mol. The lowest BCUT2D eigenvalue weighted by atomic mass is 10.1. The van der Waals surface area contributed by atoms with Crippen LogP contribution in [0, 0.1) is 0 Å². The molecule has 0 radical (unpaired) electrons. The third kappa shape index (κ3) is 3.89. The number of ether oxygens (including phenoxy) is 1. The van der Waals surface area contributed by atoms with Crippen molar-refractivity contribution in [2.75, 3.05) is 23.8 Å². The number of unbranched alkanes of at least 4 members (excludes halogenated alkanes) is 1. The van der Waals surface area contributed by atoms with Crippen LogP contribution in [0.3, 0.4) is 0 Å². The van der Waals surface area contributed by atoms with Crippen LogP contribution in [-0.4, -0.2) is 42.7 Å². The van der Waals surface area contributed by atoms with E-state index in [2.05, 4.69) is 9.97 Å². The molecule has 178 valence electrons. The number of aromatic carboxylic acids is 1. The van der Waals surface area contributed by atoms with E-state index in [1.54, 1.807) is 22.8 Å². The molecule has 0 aliphatic carbocycles. The lowest BCUT2D eigenvalue weighted by molar-refractivity contribution is 0.0699. The highest BCUT2D eigenvalue weighted by Crippen LogP contribution is 2.31. The number of carboxylic acids is 1. The number of hydrogen-bond acceptors (Lipinski definition) is 8. The number of primary amides is 1. The summed E-state index contributed by atoms with van der Waals surface area (Å²) >= 11 is 0. The molecule has 0 saturated heterocycles. The van der Waals surface area contributed by atoms with Crippen molar-refractivity contribution in [1.29, 1.82) is 0 Å². The molecule has 34 heavy (non-hydrogen) atoms. The number of nitrogens with two attached hydrogens (primary N) is 4. The lowest BCUT2D eigenvalue weighted by Gasteiger charge is -2.12. The molecular formula is C22H26N8O4. The second kappa shape index (κ2) is 8.81. The Hall–Kier alpha value is -4.48. The number of hydrogen-bond donors (Lipinski definition) is 5. The first-order valence-electron chi connectivity index (χ1n) is 10.7. The van der Waals surface area contributed by atoms with Gasteiger partial charge in [-0.15, -0.1) is 0 Å². The zero-order valence-electron chi connectivity index (χ0n) is 18.6. The highest BCUT2D eigenvalue weighted by atomic mass is 16.5. The summed E-state index contributed by atoms with van der Waals surface area (Å²) in [5.74, 6) is -0.726. The number of nitrogens with zero attached hydrogens (tertiary/aromatic N) is 4. The van der Waals surface area contributed by atoms with Crippen molar-refractivity contribution < 1.29 is 19.4 Å². The molecule has 9 N–H and O–H groups in total. The molecule has 0 saturated carbocycles. The van der Waals surface area contributed by atoms with Crippen LogP contribution < -0.4 is 27.7 Å². The molecule has 0 aliphatic heterocycles. The number of rotatable bonds is 9. The fourth-order valence-corrected chi connectivity index (χ4v) is 4.11. The summed E-state index contributed by atoms with van der Waals surface area (Å²) in [6.07, 6.45) is 1.41. The van der Waals surface area contributed by atoms with E-state index in [-0.39, 0.29) is 22.7 Å². The maximum atomic E-state index is 11.7. The fourth-order valence-electron chi connectivity index (χ4n) is 4.11. The minimum Gasteiger partial charge on any atom is -0.492 e. The van der Waals surface area contributed by atoms with Crippen LogP contribution in [0.25, 0.3) is 22.1 Å². The van der Waals surface area contributed by atoms with E-state index in [0.717, 1.165) is 0 Å². The van der Waals surface area contributed by atoms with Crippen LogP contribution >= 0.6 is 0 Å². The first-order chi connectivity index (χ1) is 16.2. The van der Waals surface area contributed by atoms with Gasteiger partial charge in [-0.25, -0.2) is 14.8 Å². The van der Waals surface area contributed by atoms with Crippen molar-refractivity contribution in [2.24, 2.45) is 5.73 Å². The molecule has 4 rings (SSSR count). The highest BCUT2D eigenvalue weighted by Gasteiger charge is 2.19. The number of carbonyl (C=O) groups excluding carboxylic acids is 1. The van der Waals surface area contributed by atoms with Gasteiger partial charge in [0.1, 0.15) is 22.3 Å². The number of nitrogen functional groups attached to an aromatic ring is 3. The van der Waals surface area contributed by atoms with Crippen LogP contribution in [-0.2, 0) is 13.1 Å². The van der Waals surface area contributed by atoms with Gasteiger partial charge in [-0.1, -0.05) is 0 Å². The molecule has 12 nitrogen and oxygen atoms in total. The number of aryl methyl sites for hydroxylation is 2. The van der Waals surface area contributed by atoms with E-state index in [0.29, 0.717) is 66.3 Å². The summed E-state index contributed by atoms with van der Waals surface area (Å²) < 4.78 is 9.32. The van der Waals surface area contributed by atoms with Crippen LogP contribution in [0.1, 0.15) is 40.5 Å². The van der Waals surface area contributed by atoms with Gasteiger partial charge in [0.05, 0.1) is 17.6 Å². The van der Waals surface area contributed by atoms with Gasteiger partial charge in [0, 0.05) is 24.3 Å². The van der Waals surface area contributed by atoms with Crippen molar-refractivity contribution in [3.8, 4) is 5.75 Å². The number of amides is 1. The van der Waals surface area contributed by atoms with Crippen LogP contribution in [0.4, 0.5) is 17.6 Å². The van der Waals surface area contributed by atoms with Gasteiger partial charge in [-0.2, -0.15) is 0 Å². The zero-order chi connectivity index (χ0) is 24.6. The monoisotopic (exact) mass is 466 g/mol. The Morgan fingerprint density at radius 2 is 1.71 bits per heavy atom. The molecule has 0 fully saturated rings. The number of imidazole rings is 2. The average Bonchev–Trinajstić information content (AvgIpc) is 3.26. The van der Waals surface area contributed by atoms with Gasteiger partial charge in [-0.05, 0) is 44.0 Å². The van der Waals surface area contributed by atoms with Gasteiger partial charge in [-0.3, -0.25) is 4.79 Å². The van der Waals surface area contributed by atoms with E-state index in [4.69, 9.17) is 27.7 Å². The van der Waals surface area contributed by atoms with Crippen molar-refractivity contribution in [3.05, 3.63) is 35.4 Å². The Labute approximate surface area is 194 Å². The van der Waals surface area contributed by atoms with Crippen molar-refractivity contribution in [1.82, 2.24) is 19.1 Å². The summed E-state index contributed by atoms with van der Waals surface area (Å²) in [6, 6.07) is 6.44. The number of carboxylic acid groups (broad SMARTS) is 1. The Morgan fingerprint density at radius 3 is 2.35 bits per heavy atom. The third-order valence-corrected chi connectivity index (χ3v) is 5.63. The molecule has 4 aromatic rings. The minimum atomic E-state index is -1.15. The van der Waals surface area contributed by atoms with Crippen LogP contribution in [0.2, 0.25) is 0 Å². The summed E-state index contributed by atoms with van der Waals surface area (Å²) in [5, 5.41) is 9.48. The van der Waals surface area contributed by atoms with Gasteiger partial charge in [0.25, 0.3) is 0 Å². The molecule has 0 bridgehead atoms. The Morgan fingerprint density at radius 1 is 1.03 bits per heavy atom. The standard InChI is InChI=1S/C22H26N8O4/c1-2-34-15-10-11(19(24)31)9-13-18(15)30(21(25)27-13)8-4-3-7-29-14-6-5-12(23)16(20(32)33)17(14)28-22(29)26/h5-6,9-10H,2-4,7-8,23H2,1H3,(H2,24,31)(H2,25,27)(H2,26,28)(H,32,33). The summed E-state index contributed by atoms with van der Waals surface area (Å²) in [4.78, 5) is 31.8. The van der Waals surface area contributed by atoms with E-state index in [9.17, 15) is 14.7 Å².